The van der Waals surface area contributed by atoms with Crippen LogP contribution < -0.4 is 0 Å². The lowest BCUT2D eigenvalue weighted by molar-refractivity contribution is 0.178. The van der Waals surface area contributed by atoms with Gasteiger partial charge in [-0.1, -0.05) is 36.8 Å². The van der Waals surface area contributed by atoms with Crippen LogP contribution in [0.25, 0.3) is 0 Å². The van der Waals surface area contributed by atoms with Crippen molar-refractivity contribution in [3.63, 3.8) is 0 Å². The Labute approximate surface area is 132 Å². The number of hydrogen-bond donors (Lipinski definition) is 1. The molecular formula is C19H24OS. The zero-order valence-corrected chi connectivity index (χ0v) is 14.1. The predicted octanol–water partition coefficient (Wildman–Crippen LogP) is 5.00. The summed E-state index contributed by atoms with van der Waals surface area (Å²) in [6.45, 7) is 8.52. The summed E-state index contributed by atoms with van der Waals surface area (Å²) < 4.78 is 0. The SMILES string of the molecule is CCSc1ccc(C(O)Cc2c(C)cc(C)cc2C)cc1. The van der Waals surface area contributed by atoms with E-state index in [0.29, 0.717) is 6.42 Å². The zero-order valence-electron chi connectivity index (χ0n) is 13.3. The van der Waals surface area contributed by atoms with Crippen LogP contribution in [0.5, 0.6) is 0 Å². The van der Waals surface area contributed by atoms with E-state index in [-0.39, 0.29) is 0 Å². The molecule has 1 unspecified atom stereocenters. The standard InChI is InChI=1S/C19H24OS/c1-5-21-17-8-6-16(7-9-17)19(20)12-18-14(3)10-13(2)11-15(18)4/h6-11,19-20H,5,12H2,1-4H3. The summed E-state index contributed by atoms with van der Waals surface area (Å²) in [5.74, 6) is 1.07. The smallest absolute Gasteiger partial charge is 0.0830 e. The Morgan fingerprint density at radius 2 is 1.57 bits per heavy atom. The van der Waals surface area contributed by atoms with Gasteiger partial charge in [0.15, 0.2) is 0 Å². The molecule has 0 heterocycles. The quantitative estimate of drug-likeness (QED) is 0.784. The number of aryl methyl sites for hydroxylation is 3. The maximum Gasteiger partial charge on any atom is 0.0830 e. The molecule has 0 aromatic heterocycles. The molecular weight excluding hydrogens is 276 g/mol. The Morgan fingerprint density at radius 3 is 2.10 bits per heavy atom. The topological polar surface area (TPSA) is 20.2 Å². The largest absolute Gasteiger partial charge is 0.388 e. The molecule has 0 spiro atoms. The van der Waals surface area contributed by atoms with Gasteiger partial charge in [0.25, 0.3) is 0 Å². The molecule has 112 valence electrons. The molecule has 0 aliphatic heterocycles. The molecule has 1 nitrogen and oxygen atoms in total. The van der Waals surface area contributed by atoms with Gasteiger partial charge in [0.2, 0.25) is 0 Å². The number of aliphatic hydroxyl groups is 1. The van der Waals surface area contributed by atoms with Gasteiger partial charge in [-0.25, -0.2) is 0 Å². The van der Waals surface area contributed by atoms with Crippen molar-refractivity contribution < 1.29 is 5.11 Å². The molecule has 0 bridgehead atoms. The van der Waals surface area contributed by atoms with Gasteiger partial charge in [-0.2, -0.15) is 0 Å². The Balaban J connectivity index is 2.16. The van der Waals surface area contributed by atoms with E-state index in [2.05, 4.69) is 52.0 Å². The summed E-state index contributed by atoms with van der Waals surface area (Å²) in [6, 6.07) is 12.7. The van der Waals surface area contributed by atoms with E-state index in [1.807, 2.05) is 23.9 Å². The first-order valence-corrected chi connectivity index (χ1v) is 8.47. The van der Waals surface area contributed by atoms with Crippen LogP contribution in [0.15, 0.2) is 41.3 Å². The predicted molar refractivity (Wildman–Crippen MR) is 92.2 cm³/mol. The zero-order chi connectivity index (χ0) is 15.4. The van der Waals surface area contributed by atoms with Crippen molar-refractivity contribution in [3.8, 4) is 0 Å². The molecule has 1 N–H and O–H groups in total. The third-order valence-electron chi connectivity index (χ3n) is 3.81. The summed E-state index contributed by atoms with van der Waals surface area (Å²) >= 11 is 1.82. The summed E-state index contributed by atoms with van der Waals surface area (Å²) in [4.78, 5) is 1.26. The Morgan fingerprint density at radius 1 is 1.00 bits per heavy atom. The molecule has 0 saturated heterocycles. The number of aliphatic hydroxyl groups excluding tert-OH is 1. The lowest BCUT2D eigenvalue weighted by Gasteiger charge is -2.16. The van der Waals surface area contributed by atoms with E-state index < -0.39 is 6.10 Å². The van der Waals surface area contributed by atoms with E-state index in [1.165, 1.54) is 27.1 Å². The average Bonchev–Trinajstić information content (AvgIpc) is 2.43. The van der Waals surface area contributed by atoms with Gasteiger partial charge in [0, 0.05) is 11.3 Å². The first-order chi connectivity index (χ1) is 10.0. The Hall–Kier alpha value is -1.25. The van der Waals surface area contributed by atoms with Crippen LogP contribution in [0.4, 0.5) is 0 Å². The van der Waals surface area contributed by atoms with Crippen molar-refractivity contribution in [2.24, 2.45) is 0 Å². The Bertz CT molecular complexity index is 578. The molecule has 2 heteroatoms. The van der Waals surface area contributed by atoms with Crippen LogP contribution in [0.3, 0.4) is 0 Å². The maximum absolute atomic E-state index is 10.5. The normalized spacial score (nSPS) is 12.4. The second-order valence-electron chi connectivity index (χ2n) is 5.60. The van der Waals surface area contributed by atoms with Gasteiger partial charge >= 0.3 is 0 Å². The highest BCUT2D eigenvalue weighted by Crippen LogP contribution is 2.26. The lowest BCUT2D eigenvalue weighted by Crippen LogP contribution is -2.05. The van der Waals surface area contributed by atoms with Crippen LogP contribution in [0, 0.1) is 20.8 Å². The van der Waals surface area contributed by atoms with Gasteiger partial charge in [-0.05, 0) is 60.9 Å². The monoisotopic (exact) mass is 300 g/mol. The third kappa shape index (κ3) is 4.12. The van der Waals surface area contributed by atoms with Crippen LogP contribution in [0.1, 0.15) is 40.8 Å². The second-order valence-corrected chi connectivity index (χ2v) is 6.94. The van der Waals surface area contributed by atoms with Crippen LogP contribution in [0.2, 0.25) is 0 Å². The van der Waals surface area contributed by atoms with Crippen molar-refractivity contribution >= 4 is 11.8 Å². The van der Waals surface area contributed by atoms with Gasteiger partial charge < -0.3 is 5.11 Å². The van der Waals surface area contributed by atoms with E-state index in [1.54, 1.807) is 0 Å². The molecule has 0 saturated carbocycles. The first kappa shape index (κ1) is 16.1. The number of benzene rings is 2. The molecule has 0 fully saturated rings. The number of rotatable bonds is 5. The fourth-order valence-corrected chi connectivity index (χ4v) is 3.46. The highest BCUT2D eigenvalue weighted by atomic mass is 32.2. The fourth-order valence-electron chi connectivity index (χ4n) is 2.80. The Kier molecular flexibility index (Phi) is 5.49. The van der Waals surface area contributed by atoms with Crippen molar-refractivity contribution in [3.05, 3.63) is 64.2 Å². The van der Waals surface area contributed by atoms with Crippen molar-refractivity contribution in [2.45, 2.75) is 45.1 Å². The fraction of sp³-hybridized carbons (Fsp3) is 0.368. The van der Waals surface area contributed by atoms with Crippen molar-refractivity contribution in [1.29, 1.82) is 0 Å². The van der Waals surface area contributed by atoms with Crippen molar-refractivity contribution in [2.75, 3.05) is 5.75 Å². The summed E-state index contributed by atoms with van der Waals surface area (Å²) in [6.07, 6.45) is 0.240. The molecule has 2 aromatic carbocycles. The van der Waals surface area contributed by atoms with Gasteiger partial charge in [-0.3, -0.25) is 0 Å². The van der Waals surface area contributed by atoms with Crippen molar-refractivity contribution in [1.82, 2.24) is 0 Å². The number of thioether (sulfide) groups is 1. The van der Waals surface area contributed by atoms with E-state index in [4.69, 9.17) is 0 Å². The highest BCUT2D eigenvalue weighted by molar-refractivity contribution is 7.99. The van der Waals surface area contributed by atoms with Gasteiger partial charge in [-0.15, -0.1) is 11.8 Å². The molecule has 0 radical (unpaired) electrons. The minimum absolute atomic E-state index is 0.439. The molecule has 2 aromatic rings. The van der Waals surface area contributed by atoms with Gasteiger partial charge in [0.1, 0.15) is 0 Å². The van der Waals surface area contributed by atoms with E-state index >= 15 is 0 Å². The first-order valence-electron chi connectivity index (χ1n) is 7.48. The summed E-state index contributed by atoms with van der Waals surface area (Å²) in [5.41, 5.74) is 6.08. The van der Waals surface area contributed by atoms with Crippen LogP contribution in [-0.4, -0.2) is 10.9 Å². The summed E-state index contributed by atoms with van der Waals surface area (Å²) in [7, 11) is 0. The minimum atomic E-state index is -0.439. The molecule has 0 amide bonds. The van der Waals surface area contributed by atoms with Crippen LogP contribution >= 0.6 is 11.8 Å². The van der Waals surface area contributed by atoms with E-state index in [9.17, 15) is 5.11 Å². The minimum Gasteiger partial charge on any atom is -0.388 e. The molecule has 0 aliphatic carbocycles. The molecule has 0 aliphatic rings. The van der Waals surface area contributed by atoms with Crippen LogP contribution in [-0.2, 0) is 6.42 Å². The third-order valence-corrected chi connectivity index (χ3v) is 4.71. The lowest BCUT2D eigenvalue weighted by atomic mass is 9.93. The summed E-state index contributed by atoms with van der Waals surface area (Å²) in [5, 5.41) is 10.5. The second kappa shape index (κ2) is 7.15. The highest BCUT2D eigenvalue weighted by Gasteiger charge is 2.12. The maximum atomic E-state index is 10.5. The molecule has 1 atom stereocenters. The molecule has 21 heavy (non-hydrogen) atoms. The average molecular weight is 300 g/mol. The number of hydrogen-bond acceptors (Lipinski definition) is 2. The van der Waals surface area contributed by atoms with E-state index in [0.717, 1.165) is 11.3 Å². The molecule has 2 rings (SSSR count). The van der Waals surface area contributed by atoms with Gasteiger partial charge in [0.05, 0.1) is 6.10 Å².